The van der Waals surface area contributed by atoms with Gasteiger partial charge in [0, 0.05) is 61.5 Å². The number of rotatable bonds is 3. The van der Waals surface area contributed by atoms with Crippen molar-refractivity contribution in [2.45, 2.75) is 38.3 Å². The summed E-state index contributed by atoms with van der Waals surface area (Å²) in [5.74, 6) is 0.131. The number of fused-ring (bicyclic) bond motifs is 1. The third-order valence-electron chi connectivity index (χ3n) is 7.02. The van der Waals surface area contributed by atoms with Gasteiger partial charge in [0.25, 0.3) is 11.8 Å². The molecule has 0 atom stereocenters. The van der Waals surface area contributed by atoms with Crippen LogP contribution in [0.2, 0.25) is 5.02 Å². The summed E-state index contributed by atoms with van der Waals surface area (Å²) in [6, 6.07) is 13.8. The lowest BCUT2D eigenvalue weighted by molar-refractivity contribution is 0.0455. The molecule has 1 aliphatic carbocycles. The molecule has 31 heavy (non-hydrogen) atoms. The highest BCUT2D eigenvalue weighted by atomic mass is 35.5. The minimum absolute atomic E-state index is 0.00219. The molecule has 5 rings (SSSR count). The first kappa shape index (κ1) is 20.5. The summed E-state index contributed by atoms with van der Waals surface area (Å²) >= 11 is 6.04. The molecule has 2 aromatic rings. The number of carbonyl (C=O) groups excluding carboxylic acids is 2. The van der Waals surface area contributed by atoms with Gasteiger partial charge in [-0.25, -0.2) is 0 Å². The van der Waals surface area contributed by atoms with Gasteiger partial charge >= 0.3 is 0 Å². The lowest BCUT2D eigenvalue weighted by Crippen LogP contribution is -2.53. The van der Waals surface area contributed by atoms with Gasteiger partial charge in [-0.2, -0.15) is 0 Å². The van der Waals surface area contributed by atoms with E-state index in [1.165, 1.54) is 24.8 Å². The molecule has 1 saturated carbocycles. The molecule has 0 unspecified atom stereocenters. The Balaban J connectivity index is 1.23. The molecule has 5 nitrogen and oxygen atoms in total. The Morgan fingerprint density at radius 1 is 0.806 bits per heavy atom. The number of carbonyl (C=O) groups is 2. The number of hydrogen-bond acceptors (Lipinski definition) is 3. The van der Waals surface area contributed by atoms with Crippen molar-refractivity contribution in [2.24, 2.45) is 0 Å². The van der Waals surface area contributed by atoms with Crippen LogP contribution in [0.5, 0.6) is 0 Å². The number of amides is 2. The predicted molar refractivity (Wildman–Crippen MR) is 121 cm³/mol. The van der Waals surface area contributed by atoms with Crippen molar-refractivity contribution < 1.29 is 9.59 Å². The van der Waals surface area contributed by atoms with E-state index in [2.05, 4.69) is 4.90 Å². The fourth-order valence-corrected chi connectivity index (χ4v) is 5.08. The molecule has 0 spiro atoms. The van der Waals surface area contributed by atoms with Crippen LogP contribution in [0.15, 0.2) is 42.5 Å². The zero-order chi connectivity index (χ0) is 21.4. The van der Waals surface area contributed by atoms with E-state index in [1.807, 2.05) is 28.0 Å². The minimum atomic E-state index is -0.00219. The van der Waals surface area contributed by atoms with Crippen molar-refractivity contribution in [1.29, 1.82) is 0 Å². The van der Waals surface area contributed by atoms with E-state index < -0.39 is 0 Å². The quantitative estimate of drug-likeness (QED) is 0.732. The first-order valence-electron chi connectivity index (χ1n) is 11.3. The number of nitrogens with zero attached hydrogens (tertiary/aromatic N) is 3. The molecule has 6 heteroatoms. The Bertz CT molecular complexity index is 996. The first-order chi connectivity index (χ1) is 15.1. The summed E-state index contributed by atoms with van der Waals surface area (Å²) < 4.78 is 0. The largest absolute Gasteiger partial charge is 0.336 e. The second-order valence-corrected chi connectivity index (χ2v) is 9.32. The third-order valence-corrected chi connectivity index (χ3v) is 7.25. The monoisotopic (exact) mass is 437 g/mol. The van der Waals surface area contributed by atoms with Gasteiger partial charge in [0.15, 0.2) is 0 Å². The van der Waals surface area contributed by atoms with Gasteiger partial charge in [-0.05, 0) is 60.7 Å². The maximum atomic E-state index is 13.1. The fraction of sp³-hybridized carbons (Fsp3) is 0.440. The normalized spacial score (nSPS) is 19.6. The molecule has 162 valence electrons. The van der Waals surface area contributed by atoms with Gasteiger partial charge in [0.1, 0.15) is 0 Å². The van der Waals surface area contributed by atoms with Gasteiger partial charge in [-0.1, -0.05) is 30.2 Å². The Morgan fingerprint density at radius 2 is 1.55 bits per heavy atom. The average Bonchev–Trinajstić information content (AvgIpc) is 2.77. The van der Waals surface area contributed by atoms with Crippen LogP contribution in [-0.4, -0.2) is 65.3 Å². The van der Waals surface area contributed by atoms with Gasteiger partial charge in [0.05, 0.1) is 0 Å². The fourth-order valence-electron chi connectivity index (χ4n) is 4.89. The van der Waals surface area contributed by atoms with Crippen molar-refractivity contribution >= 4 is 23.4 Å². The van der Waals surface area contributed by atoms with Crippen molar-refractivity contribution in [3.8, 4) is 0 Å². The lowest BCUT2D eigenvalue weighted by atomic mass is 9.91. The van der Waals surface area contributed by atoms with E-state index in [0.29, 0.717) is 23.7 Å². The number of hydrogen-bond donors (Lipinski definition) is 0. The smallest absolute Gasteiger partial charge is 0.254 e. The minimum Gasteiger partial charge on any atom is -0.336 e. The highest BCUT2D eigenvalue weighted by Gasteiger charge is 2.30. The van der Waals surface area contributed by atoms with Gasteiger partial charge < -0.3 is 9.80 Å². The van der Waals surface area contributed by atoms with Crippen LogP contribution in [0.25, 0.3) is 0 Å². The predicted octanol–water partition coefficient (Wildman–Crippen LogP) is 3.85. The van der Waals surface area contributed by atoms with E-state index in [0.717, 1.165) is 49.8 Å². The average molecular weight is 438 g/mol. The molecular formula is C25H28ClN3O2. The van der Waals surface area contributed by atoms with Crippen molar-refractivity contribution in [3.63, 3.8) is 0 Å². The Hall–Kier alpha value is -2.37. The number of halogens is 1. The van der Waals surface area contributed by atoms with E-state index in [-0.39, 0.29) is 11.8 Å². The summed E-state index contributed by atoms with van der Waals surface area (Å²) in [7, 11) is 0. The van der Waals surface area contributed by atoms with Crippen LogP contribution in [0.4, 0.5) is 0 Å². The van der Waals surface area contributed by atoms with E-state index in [9.17, 15) is 9.59 Å². The summed E-state index contributed by atoms with van der Waals surface area (Å²) in [6.45, 7) is 4.82. The maximum Gasteiger partial charge on any atom is 0.254 e. The Morgan fingerprint density at radius 3 is 2.26 bits per heavy atom. The van der Waals surface area contributed by atoms with E-state index in [1.54, 1.807) is 24.3 Å². The molecule has 0 bridgehead atoms. The van der Waals surface area contributed by atoms with Gasteiger partial charge in [-0.3, -0.25) is 14.5 Å². The third kappa shape index (κ3) is 4.21. The summed E-state index contributed by atoms with van der Waals surface area (Å²) in [4.78, 5) is 32.3. The topological polar surface area (TPSA) is 43.9 Å². The van der Waals surface area contributed by atoms with Crippen LogP contribution in [0.1, 0.15) is 51.1 Å². The number of benzene rings is 2. The van der Waals surface area contributed by atoms with Crippen LogP contribution in [0.3, 0.4) is 0 Å². The summed E-state index contributed by atoms with van der Waals surface area (Å²) in [5, 5.41) is 0.569. The van der Waals surface area contributed by atoms with Crippen molar-refractivity contribution in [1.82, 2.24) is 14.7 Å². The van der Waals surface area contributed by atoms with Crippen LogP contribution in [-0.2, 0) is 13.0 Å². The van der Waals surface area contributed by atoms with Gasteiger partial charge in [0.2, 0.25) is 0 Å². The van der Waals surface area contributed by atoms with Crippen molar-refractivity contribution in [3.05, 3.63) is 69.7 Å². The molecule has 2 amide bonds. The summed E-state index contributed by atoms with van der Waals surface area (Å²) in [6.07, 6.45) is 4.74. The Kier molecular flexibility index (Phi) is 5.72. The SMILES string of the molecule is O=C(c1ccc2c(c1)CCN(C(=O)c1cccc(Cl)c1)C2)N1CCN(C2CCC2)CC1. The first-order valence-corrected chi connectivity index (χ1v) is 11.7. The van der Waals surface area contributed by atoms with E-state index >= 15 is 0 Å². The molecule has 2 aliphatic heterocycles. The molecule has 1 saturated heterocycles. The summed E-state index contributed by atoms with van der Waals surface area (Å²) in [5.41, 5.74) is 3.68. The molecule has 0 N–H and O–H groups in total. The second-order valence-electron chi connectivity index (χ2n) is 8.88. The highest BCUT2D eigenvalue weighted by Crippen LogP contribution is 2.27. The van der Waals surface area contributed by atoms with Crippen LogP contribution < -0.4 is 0 Å². The molecular weight excluding hydrogens is 410 g/mol. The molecule has 0 aromatic heterocycles. The molecule has 0 radical (unpaired) electrons. The van der Waals surface area contributed by atoms with E-state index in [4.69, 9.17) is 11.6 Å². The van der Waals surface area contributed by atoms with Crippen LogP contribution >= 0.6 is 11.6 Å². The maximum absolute atomic E-state index is 13.1. The van der Waals surface area contributed by atoms with Crippen LogP contribution in [0, 0.1) is 0 Å². The van der Waals surface area contributed by atoms with Crippen molar-refractivity contribution in [2.75, 3.05) is 32.7 Å². The van der Waals surface area contributed by atoms with Gasteiger partial charge in [-0.15, -0.1) is 0 Å². The Labute approximate surface area is 188 Å². The highest BCUT2D eigenvalue weighted by molar-refractivity contribution is 6.30. The zero-order valence-electron chi connectivity index (χ0n) is 17.7. The molecule has 2 heterocycles. The number of piperazine rings is 1. The zero-order valence-corrected chi connectivity index (χ0v) is 18.5. The molecule has 2 aromatic carbocycles. The standard InChI is InChI=1S/C25H28ClN3O2/c26-22-4-1-3-19(16-22)25(31)29-10-9-18-15-20(7-8-21(18)17-29)24(30)28-13-11-27(12-14-28)23-5-2-6-23/h1,3-4,7-8,15-16,23H,2,5-6,9-14,17H2. The second kappa shape index (κ2) is 8.64. The molecule has 2 fully saturated rings. The lowest BCUT2D eigenvalue weighted by Gasteiger charge is -2.43. The molecule has 3 aliphatic rings.